The molecule has 0 radical (unpaired) electrons. The van der Waals surface area contributed by atoms with Crippen molar-refractivity contribution in [1.29, 1.82) is 0 Å². The van der Waals surface area contributed by atoms with Crippen LogP contribution < -0.4 is 0 Å². The Balaban J connectivity index is 1.99. The first kappa shape index (κ1) is 19.3. The maximum absolute atomic E-state index is 6.14. The third-order valence-electron chi connectivity index (χ3n) is 4.70. The Labute approximate surface area is 183 Å². The number of halogens is 2. The fourth-order valence-electron chi connectivity index (χ4n) is 3.39. The predicted octanol–water partition coefficient (Wildman–Crippen LogP) is 8.19. The topological polar surface area (TPSA) is 0 Å². The Kier molecular flexibility index (Phi) is 5.91. The highest BCUT2D eigenvalue weighted by molar-refractivity contribution is 9.10. The molecule has 0 bridgehead atoms. The lowest BCUT2D eigenvalue weighted by Crippen LogP contribution is -2.25. The van der Waals surface area contributed by atoms with E-state index in [1.165, 1.54) is 21.6 Å². The molecule has 0 aliphatic heterocycles. The van der Waals surface area contributed by atoms with Crippen LogP contribution in [-0.2, 0) is 4.75 Å². The van der Waals surface area contributed by atoms with Crippen LogP contribution in [0.4, 0.5) is 0 Å². The average molecular weight is 466 g/mol. The third kappa shape index (κ3) is 3.91. The largest absolute Gasteiger partial charge is 0.105 e. The minimum Gasteiger partial charge on any atom is -0.105 e. The molecule has 0 heterocycles. The average Bonchev–Trinajstić information content (AvgIpc) is 2.75. The monoisotopic (exact) mass is 464 g/mol. The number of hydrogen-bond donors (Lipinski definition) is 0. The Morgan fingerprint density at radius 2 is 1.04 bits per heavy atom. The van der Waals surface area contributed by atoms with E-state index in [4.69, 9.17) is 11.6 Å². The van der Waals surface area contributed by atoms with Crippen molar-refractivity contribution >= 4 is 39.3 Å². The minimum atomic E-state index is -0.378. The summed E-state index contributed by atoms with van der Waals surface area (Å²) < 4.78 is 0.694. The lowest BCUT2D eigenvalue weighted by Gasteiger charge is -2.35. The van der Waals surface area contributed by atoms with Gasteiger partial charge in [-0.3, -0.25) is 0 Å². The second-order valence-corrected chi connectivity index (χ2v) is 9.12. The summed E-state index contributed by atoms with van der Waals surface area (Å²) in [6.07, 6.45) is 0. The quantitative estimate of drug-likeness (QED) is 0.211. The molecule has 0 saturated carbocycles. The molecule has 0 aromatic heterocycles. The summed E-state index contributed by atoms with van der Waals surface area (Å²) in [5.41, 5.74) is 3.71. The van der Waals surface area contributed by atoms with Crippen LogP contribution in [0.15, 0.2) is 119 Å². The fraction of sp³-hybridized carbons (Fsp3) is 0.0400. The second kappa shape index (κ2) is 8.57. The Hall–Kier alpha value is -2.00. The molecule has 0 aliphatic carbocycles. The zero-order valence-electron chi connectivity index (χ0n) is 15.1. The molecule has 28 heavy (non-hydrogen) atoms. The molecule has 0 N–H and O–H groups in total. The van der Waals surface area contributed by atoms with Crippen molar-refractivity contribution in [2.75, 3.05) is 0 Å². The molecule has 138 valence electrons. The Bertz CT molecular complexity index is 990. The molecule has 4 rings (SSSR count). The molecule has 3 heteroatoms. The van der Waals surface area contributed by atoms with Crippen LogP contribution in [0.25, 0.3) is 0 Å². The van der Waals surface area contributed by atoms with Crippen LogP contribution in [0, 0.1) is 0 Å². The summed E-state index contributed by atoms with van der Waals surface area (Å²) in [4.78, 5) is 1.17. The molecule has 0 atom stereocenters. The van der Waals surface area contributed by atoms with E-state index in [0.29, 0.717) is 0 Å². The van der Waals surface area contributed by atoms with Gasteiger partial charge >= 0.3 is 0 Å². The third-order valence-corrected chi connectivity index (χ3v) is 7.00. The molecule has 0 unspecified atom stereocenters. The molecular weight excluding hydrogens is 448 g/mol. The minimum absolute atomic E-state index is 0.378. The van der Waals surface area contributed by atoms with E-state index < -0.39 is 0 Å². The fourth-order valence-corrected chi connectivity index (χ4v) is 5.16. The molecule has 0 fully saturated rings. The van der Waals surface area contributed by atoms with Crippen molar-refractivity contribution in [2.45, 2.75) is 9.64 Å². The molecule has 0 nitrogen and oxygen atoms in total. The molecule has 0 aliphatic rings. The van der Waals surface area contributed by atoms with E-state index >= 15 is 0 Å². The van der Waals surface area contributed by atoms with E-state index in [9.17, 15) is 0 Å². The molecular formula is C25H18BrClS. The first-order valence-electron chi connectivity index (χ1n) is 9.00. The van der Waals surface area contributed by atoms with Crippen LogP contribution >= 0.6 is 39.3 Å². The smallest absolute Gasteiger partial charge is 0.0954 e. The predicted molar refractivity (Wildman–Crippen MR) is 124 cm³/mol. The van der Waals surface area contributed by atoms with Gasteiger partial charge in [0.05, 0.1) is 4.75 Å². The van der Waals surface area contributed by atoms with Crippen molar-refractivity contribution in [1.82, 2.24) is 0 Å². The van der Waals surface area contributed by atoms with E-state index in [2.05, 4.69) is 113 Å². The van der Waals surface area contributed by atoms with E-state index in [1.807, 2.05) is 23.9 Å². The van der Waals surface area contributed by atoms with Crippen LogP contribution in [0.1, 0.15) is 16.7 Å². The van der Waals surface area contributed by atoms with Crippen molar-refractivity contribution in [3.8, 4) is 0 Å². The summed E-state index contributed by atoms with van der Waals surface area (Å²) in [7, 11) is 0. The van der Waals surface area contributed by atoms with Gasteiger partial charge in [0.1, 0.15) is 0 Å². The maximum atomic E-state index is 6.14. The summed E-state index contributed by atoms with van der Waals surface area (Å²) in [5, 5.41) is 0.748. The van der Waals surface area contributed by atoms with Crippen LogP contribution in [-0.4, -0.2) is 0 Å². The molecule has 4 aromatic rings. The van der Waals surface area contributed by atoms with E-state index in [1.54, 1.807) is 0 Å². The molecule has 4 aromatic carbocycles. The van der Waals surface area contributed by atoms with Crippen molar-refractivity contribution < 1.29 is 0 Å². The van der Waals surface area contributed by atoms with Gasteiger partial charge in [0, 0.05) is 14.4 Å². The first-order valence-corrected chi connectivity index (χ1v) is 11.0. The van der Waals surface area contributed by atoms with Crippen molar-refractivity contribution in [3.05, 3.63) is 135 Å². The lowest BCUT2D eigenvalue weighted by molar-refractivity contribution is 0.893. The Morgan fingerprint density at radius 3 is 1.54 bits per heavy atom. The summed E-state index contributed by atoms with van der Waals surface area (Å²) in [6.45, 7) is 0. The maximum Gasteiger partial charge on any atom is 0.0954 e. The normalized spacial score (nSPS) is 11.4. The standard InChI is InChI=1S/C25H18BrClS/c26-22-13-11-21(12-14-22)25(19-7-3-1-4-8-19,20-9-5-2-6-10-20)28-24-17-15-23(27)16-18-24/h1-18H. The molecule has 0 saturated heterocycles. The lowest BCUT2D eigenvalue weighted by atomic mass is 9.84. The van der Waals surface area contributed by atoms with Crippen molar-refractivity contribution in [3.63, 3.8) is 0 Å². The number of hydrogen-bond acceptors (Lipinski definition) is 1. The first-order chi connectivity index (χ1) is 13.7. The van der Waals surface area contributed by atoms with E-state index in [0.717, 1.165) is 9.50 Å². The summed E-state index contributed by atoms with van der Waals surface area (Å²) >= 11 is 11.6. The van der Waals surface area contributed by atoms with E-state index in [-0.39, 0.29) is 4.75 Å². The van der Waals surface area contributed by atoms with Crippen LogP contribution in [0.2, 0.25) is 5.02 Å². The van der Waals surface area contributed by atoms with Crippen molar-refractivity contribution in [2.24, 2.45) is 0 Å². The van der Waals surface area contributed by atoms with Crippen LogP contribution in [0.5, 0.6) is 0 Å². The molecule has 0 spiro atoms. The van der Waals surface area contributed by atoms with Gasteiger partial charge in [-0.15, -0.1) is 11.8 Å². The van der Waals surface area contributed by atoms with Gasteiger partial charge in [-0.1, -0.05) is 100 Å². The zero-order chi connectivity index (χ0) is 19.4. The van der Waals surface area contributed by atoms with Gasteiger partial charge in [-0.05, 0) is 53.1 Å². The number of thioether (sulfide) groups is 1. The number of rotatable bonds is 5. The summed E-state index contributed by atoms with van der Waals surface area (Å²) in [5.74, 6) is 0. The van der Waals surface area contributed by atoms with Gasteiger partial charge in [-0.2, -0.15) is 0 Å². The van der Waals surface area contributed by atoms with Gasteiger partial charge < -0.3 is 0 Å². The molecule has 0 amide bonds. The highest BCUT2D eigenvalue weighted by atomic mass is 79.9. The SMILES string of the molecule is Clc1ccc(SC(c2ccccc2)(c2ccccc2)c2ccc(Br)cc2)cc1. The highest BCUT2D eigenvalue weighted by Crippen LogP contribution is 2.51. The van der Waals surface area contributed by atoms with Crippen LogP contribution in [0.3, 0.4) is 0 Å². The summed E-state index contributed by atoms with van der Waals surface area (Å²) in [6, 6.07) is 38.1. The number of benzene rings is 4. The zero-order valence-corrected chi connectivity index (χ0v) is 18.2. The van der Waals surface area contributed by atoms with Gasteiger partial charge in [0.25, 0.3) is 0 Å². The van der Waals surface area contributed by atoms with Gasteiger partial charge in [0.15, 0.2) is 0 Å². The highest BCUT2D eigenvalue weighted by Gasteiger charge is 2.37. The van der Waals surface area contributed by atoms with Gasteiger partial charge in [-0.25, -0.2) is 0 Å². The Morgan fingerprint density at radius 1 is 0.571 bits per heavy atom. The second-order valence-electron chi connectivity index (χ2n) is 6.48. The van der Waals surface area contributed by atoms with Gasteiger partial charge in [0.2, 0.25) is 0 Å².